The van der Waals surface area contributed by atoms with Crippen molar-refractivity contribution in [1.82, 2.24) is 0 Å². The first-order valence-corrected chi connectivity index (χ1v) is 4.49. The molecule has 12 heavy (non-hydrogen) atoms. The molecule has 0 bridgehead atoms. The maximum Gasteiger partial charge on any atom is 0.126 e. The van der Waals surface area contributed by atoms with Gasteiger partial charge in [-0.1, -0.05) is 32.9 Å². The molecule has 0 aliphatic carbocycles. The van der Waals surface area contributed by atoms with E-state index in [0.717, 1.165) is 12.0 Å². The predicted octanol–water partition coefficient (Wildman–Crippen LogP) is 3.72. The summed E-state index contributed by atoms with van der Waals surface area (Å²) in [6, 6.07) is 5.23. The number of hydrogen-bond acceptors (Lipinski definition) is 0. The molecule has 0 aromatic heterocycles. The van der Waals surface area contributed by atoms with Gasteiger partial charge in [0.2, 0.25) is 0 Å². The van der Waals surface area contributed by atoms with Gasteiger partial charge in [-0.25, -0.2) is 4.39 Å². The first-order chi connectivity index (χ1) is 5.74. The fraction of sp³-hybridized carbons (Fsp3) is 0.455. The number of hydrogen-bond donors (Lipinski definition) is 0. The molecule has 0 fully saturated rings. The van der Waals surface area contributed by atoms with Crippen LogP contribution in [0.25, 0.3) is 0 Å². The number of aryl methyl sites for hydroxylation is 2. The topological polar surface area (TPSA) is 0 Å². The molecular formula is C11H17F. The van der Waals surface area contributed by atoms with Crippen LogP contribution in [0.3, 0.4) is 0 Å². The summed E-state index contributed by atoms with van der Waals surface area (Å²) in [5, 5.41) is 0. The van der Waals surface area contributed by atoms with Crippen LogP contribution in [0.5, 0.6) is 0 Å². The number of halogens is 1. The number of benzene rings is 1. The second-order valence-electron chi connectivity index (χ2n) is 2.44. The van der Waals surface area contributed by atoms with Crippen LogP contribution >= 0.6 is 0 Å². The molecule has 1 aromatic rings. The van der Waals surface area contributed by atoms with E-state index in [-0.39, 0.29) is 5.82 Å². The Labute approximate surface area is 74.4 Å². The molecule has 0 spiro atoms. The molecule has 0 N–H and O–H groups in total. The first kappa shape index (κ1) is 11.2. The standard InChI is InChI=1S/C9H11F.C2H6/c1-3-8-4-5-9(10)7(2)6-8;1-2/h4-6H,3H2,1-2H3;1-2H3. The fourth-order valence-corrected chi connectivity index (χ4v) is 0.927. The monoisotopic (exact) mass is 168 g/mol. The molecule has 68 valence electrons. The maximum absolute atomic E-state index is 12.6. The Morgan fingerprint density at radius 1 is 1.25 bits per heavy atom. The number of rotatable bonds is 1. The van der Waals surface area contributed by atoms with E-state index in [1.54, 1.807) is 6.92 Å². The lowest BCUT2D eigenvalue weighted by atomic mass is 10.1. The van der Waals surface area contributed by atoms with Crippen molar-refractivity contribution in [2.75, 3.05) is 0 Å². The molecule has 0 unspecified atom stereocenters. The normalized spacial score (nSPS) is 8.75. The molecule has 0 nitrogen and oxygen atoms in total. The van der Waals surface area contributed by atoms with Crippen LogP contribution in [0.2, 0.25) is 0 Å². The van der Waals surface area contributed by atoms with Gasteiger partial charge in [-0.15, -0.1) is 0 Å². The average molecular weight is 168 g/mol. The molecule has 0 saturated carbocycles. The Kier molecular flexibility index (Phi) is 5.35. The molecule has 1 rings (SSSR count). The van der Waals surface area contributed by atoms with E-state index in [1.165, 1.54) is 11.6 Å². The zero-order valence-electron chi connectivity index (χ0n) is 8.32. The van der Waals surface area contributed by atoms with Gasteiger partial charge in [0.05, 0.1) is 0 Å². The van der Waals surface area contributed by atoms with E-state index in [9.17, 15) is 4.39 Å². The quantitative estimate of drug-likeness (QED) is 0.599. The lowest BCUT2D eigenvalue weighted by molar-refractivity contribution is 0.617. The van der Waals surface area contributed by atoms with E-state index in [1.807, 2.05) is 26.0 Å². The third-order valence-corrected chi connectivity index (χ3v) is 1.63. The molecule has 0 heterocycles. The van der Waals surface area contributed by atoms with Gasteiger partial charge >= 0.3 is 0 Å². The SMILES string of the molecule is CC.CCc1ccc(F)c(C)c1. The van der Waals surface area contributed by atoms with E-state index in [2.05, 4.69) is 6.92 Å². The summed E-state index contributed by atoms with van der Waals surface area (Å²) in [7, 11) is 0. The van der Waals surface area contributed by atoms with E-state index in [0.29, 0.717) is 0 Å². The summed E-state index contributed by atoms with van der Waals surface area (Å²) in [4.78, 5) is 0. The largest absolute Gasteiger partial charge is 0.207 e. The Bertz CT molecular complexity index is 228. The minimum absolute atomic E-state index is 0.114. The van der Waals surface area contributed by atoms with Crippen LogP contribution in [-0.4, -0.2) is 0 Å². The predicted molar refractivity (Wildman–Crippen MR) is 51.9 cm³/mol. The third-order valence-electron chi connectivity index (χ3n) is 1.63. The van der Waals surface area contributed by atoms with Crippen molar-refractivity contribution >= 4 is 0 Å². The second kappa shape index (κ2) is 5.76. The van der Waals surface area contributed by atoms with Crippen molar-refractivity contribution in [1.29, 1.82) is 0 Å². The van der Waals surface area contributed by atoms with Crippen molar-refractivity contribution < 1.29 is 4.39 Å². The Morgan fingerprint density at radius 3 is 2.25 bits per heavy atom. The van der Waals surface area contributed by atoms with Gasteiger partial charge in [0.25, 0.3) is 0 Å². The van der Waals surface area contributed by atoms with E-state index >= 15 is 0 Å². The smallest absolute Gasteiger partial charge is 0.126 e. The molecule has 0 aliphatic rings. The van der Waals surface area contributed by atoms with Crippen LogP contribution in [0.15, 0.2) is 18.2 Å². The van der Waals surface area contributed by atoms with Crippen LogP contribution in [0.4, 0.5) is 4.39 Å². The second-order valence-corrected chi connectivity index (χ2v) is 2.44. The highest BCUT2D eigenvalue weighted by atomic mass is 19.1. The van der Waals surface area contributed by atoms with E-state index < -0.39 is 0 Å². The Morgan fingerprint density at radius 2 is 1.83 bits per heavy atom. The molecule has 0 saturated heterocycles. The summed E-state index contributed by atoms with van der Waals surface area (Å²) in [6.07, 6.45) is 0.973. The molecule has 1 aromatic carbocycles. The highest BCUT2D eigenvalue weighted by Crippen LogP contribution is 2.08. The third kappa shape index (κ3) is 3.04. The summed E-state index contributed by atoms with van der Waals surface area (Å²) in [5.41, 5.74) is 1.93. The Balaban J connectivity index is 0.000000561. The molecule has 1 heteroatoms. The van der Waals surface area contributed by atoms with E-state index in [4.69, 9.17) is 0 Å². The summed E-state index contributed by atoms with van der Waals surface area (Å²) >= 11 is 0. The average Bonchev–Trinajstić information content (AvgIpc) is 2.13. The maximum atomic E-state index is 12.6. The minimum atomic E-state index is -0.114. The molecule has 0 aliphatic heterocycles. The fourth-order valence-electron chi connectivity index (χ4n) is 0.927. The molecular weight excluding hydrogens is 151 g/mol. The summed E-state index contributed by atoms with van der Waals surface area (Å²) in [6.45, 7) is 7.85. The van der Waals surface area contributed by atoms with Crippen molar-refractivity contribution in [3.63, 3.8) is 0 Å². The van der Waals surface area contributed by atoms with Crippen molar-refractivity contribution in [3.8, 4) is 0 Å². The zero-order chi connectivity index (χ0) is 9.56. The van der Waals surface area contributed by atoms with Crippen molar-refractivity contribution in [3.05, 3.63) is 35.1 Å². The summed E-state index contributed by atoms with van der Waals surface area (Å²) in [5.74, 6) is -0.114. The van der Waals surface area contributed by atoms with Crippen LogP contribution in [0, 0.1) is 12.7 Å². The van der Waals surface area contributed by atoms with Gasteiger partial charge in [0.1, 0.15) is 5.82 Å². The van der Waals surface area contributed by atoms with Crippen molar-refractivity contribution in [2.45, 2.75) is 34.1 Å². The zero-order valence-corrected chi connectivity index (χ0v) is 8.32. The minimum Gasteiger partial charge on any atom is -0.207 e. The van der Waals surface area contributed by atoms with Gasteiger partial charge in [-0.2, -0.15) is 0 Å². The molecule has 0 radical (unpaired) electrons. The summed E-state index contributed by atoms with van der Waals surface area (Å²) < 4.78 is 12.6. The lowest BCUT2D eigenvalue weighted by Gasteiger charge is -1.98. The van der Waals surface area contributed by atoms with Gasteiger partial charge in [0, 0.05) is 0 Å². The van der Waals surface area contributed by atoms with Crippen LogP contribution in [0.1, 0.15) is 31.9 Å². The molecule has 0 amide bonds. The highest BCUT2D eigenvalue weighted by Gasteiger charge is 1.95. The Hall–Kier alpha value is -0.850. The first-order valence-electron chi connectivity index (χ1n) is 4.49. The van der Waals surface area contributed by atoms with Crippen molar-refractivity contribution in [2.24, 2.45) is 0 Å². The van der Waals surface area contributed by atoms with Gasteiger partial charge in [0.15, 0.2) is 0 Å². The van der Waals surface area contributed by atoms with Gasteiger partial charge in [-0.3, -0.25) is 0 Å². The van der Waals surface area contributed by atoms with Crippen LogP contribution < -0.4 is 0 Å². The lowest BCUT2D eigenvalue weighted by Crippen LogP contribution is -1.85. The molecule has 0 atom stereocenters. The van der Waals surface area contributed by atoms with Gasteiger partial charge < -0.3 is 0 Å². The van der Waals surface area contributed by atoms with Crippen LogP contribution in [-0.2, 0) is 6.42 Å². The highest BCUT2D eigenvalue weighted by molar-refractivity contribution is 5.23. The van der Waals surface area contributed by atoms with Gasteiger partial charge in [-0.05, 0) is 30.5 Å².